The van der Waals surface area contributed by atoms with E-state index < -0.39 is 0 Å². The SMILES string of the molecule is C=CC(C)n1nc(C)c2c(N)ncnc21. The molecule has 0 fully saturated rings. The molecule has 2 aromatic heterocycles. The van der Waals surface area contributed by atoms with Gasteiger partial charge in [-0.3, -0.25) is 0 Å². The van der Waals surface area contributed by atoms with Crippen molar-refractivity contribution >= 4 is 16.9 Å². The third kappa shape index (κ3) is 1.36. The number of allylic oxidation sites excluding steroid dienone is 1. The average molecular weight is 203 g/mol. The predicted octanol–water partition coefficient (Wildman–Crippen LogP) is 1.46. The van der Waals surface area contributed by atoms with Crippen molar-refractivity contribution in [3.05, 3.63) is 24.7 Å². The molecule has 2 rings (SSSR count). The fourth-order valence-corrected chi connectivity index (χ4v) is 1.55. The van der Waals surface area contributed by atoms with E-state index in [1.54, 1.807) is 4.68 Å². The number of anilines is 1. The molecule has 2 aromatic rings. The van der Waals surface area contributed by atoms with E-state index in [2.05, 4.69) is 21.6 Å². The average Bonchev–Trinajstić information content (AvgIpc) is 2.56. The van der Waals surface area contributed by atoms with Crippen LogP contribution in [0.5, 0.6) is 0 Å². The maximum atomic E-state index is 5.78. The van der Waals surface area contributed by atoms with Crippen LogP contribution in [-0.2, 0) is 0 Å². The summed E-state index contributed by atoms with van der Waals surface area (Å²) in [6.45, 7) is 7.63. The highest BCUT2D eigenvalue weighted by atomic mass is 15.3. The van der Waals surface area contributed by atoms with Gasteiger partial charge >= 0.3 is 0 Å². The molecule has 2 heterocycles. The van der Waals surface area contributed by atoms with Gasteiger partial charge in [0, 0.05) is 0 Å². The van der Waals surface area contributed by atoms with E-state index in [1.807, 2.05) is 19.9 Å². The number of fused-ring (bicyclic) bond motifs is 1. The lowest BCUT2D eigenvalue weighted by Crippen LogP contribution is -2.05. The third-order valence-electron chi connectivity index (χ3n) is 2.42. The largest absolute Gasteiger partial charge is 0.383 e. The molecule has 0 bridgehead atoms. The van der Waals surface area contributed by atoms with Crippen molar-refractivity contribution in [3.63, 3.8) is 0 Å². The minimum atomic E-state index is 0.0931. The standard InChI is InChI=1S/C10H13N5/c1-4-6(2)15-10-8(7(3)14-15)9(11)12-5-13-10/h4-6H,1H2,2-3H3,(H2,11,12,13). The van der Waals surface area contributed by atoms with Crippen LogP contribution >= 0.6 is 0 Å². The maximum Gasteiger partial charge on any atom is 0.164 e. The van der Waals surface area contributed by atoms with Crippen molar-refractivity contribution in [2.45, 2.75) is 19.9 Å². The van der Waals surface area contributed by atoms with Crippen molar-refractivity contribution in [1.82, 2.24) is 19.7 Å². The Bertz CT molecular complexity index is 514. The molecule has 2 N–H and O–H groups in total. The van der Waals surface area contributed by atoms with E-state index in [1.165, 1.54) is 6.33 Å². The summed E-state index contributed by atoms with van der Waals surface area (Å²) in [7, 11) is 0. The van der Waals surface area contributed by atoms with Gasteiger partial charge in [0.05, 0.1) is 17.1 Å². The molecular formula is C10H13N5. The second kappa shape index (κ2) is 3.34. The topological polar surface area (TPSA) is 69.6 Å². The van der Waals surface area contributed by atoms with Gasteiger partial charge in [0.2, 0.25) is 0 Å². The molecule has 0 radical (unpaired) electrons. The molecule has 0 aliphatic heterocycles. The molecular weight excluding hydrogens is 190 g/mol. The quantitative estimate of drug-likeness (QED) is 0.750. The number of nitrogens with zero attached hydrogens (tertiary/aromatic N) is 4. The lowest BCUT2D eigenvalue weighted by molar-refractivity contribution is 0.592. The summed E-state index contributed by atoms with van der Waals surface area (Å²) >= 11 is 0. The van der Waals surface area contributed by atoms with E-state index in [9.17, 15) is 0 Å². The molecule has 1 unspecified atom stereocenters. The number of nitrogen functional groups attached to an aromatic ring is 1. The van der Waals surface area contributed by atoms with Crippen LogP contribution in [0.25, 0.3) is 11.0 Å². The summed E-state index contributed by atoms with van der Waals surface area (Å²) in [6, 6.07) is 0.0931. The highest BCUT2D eigenvalue weighted by molar-refractivity contribution is 5.87. The Balaban J connectivity index is 2.78. The van der Waals surface area contributed by atoms with E-state index in [0.717, 1.165) is 16.7 Å². The van der Waals surface area contributed by atoms with Crippen LogP contribution in [0.1, 0.15) is 18.7 Å². The fraction of sp³-hybridized carbons (Fsp3) is 0.300. The number of hydrogen-bond donors (Lipinski definition) is 1. The third-order valence-corrected chi connectivity index (χ3v) is 2.42. The van der Waals surface area contributed by atoms with Gasteiger partial charge < -0.3 is 5.73 Å². The molecule has 78 valence electrons. The summed E-state index contributed by atoms with van der Waals surface area (Å²) in [5.74, 6) is 0.472. The fourth-order valence-electron chi connectivity index (χ4n) is 1.55. The monoisotopic (exact) mass is 203 g/mol. The second-order valence-electron chi connectivity index (χ2n) is 3.46. The first kappa shape index (κ1) is 9.64. The number of aryl methyl sites for hydroxylation is 1. The van der Waals surface area contributed by atoms with Gasteiger partial charge in [0.1, 0.15) is 12.1 Å². The zero-order valence-corrected chi connectivity index (χ0v) is 8.81. The molecule has 0 saturated carbocycles. The maximum absolute atomic E-state index is 5.78. The number of hydrogen-bond acceptors (Lipinski definition) is 4. The number of nitrogens with two attached hydrogens (primary N) is 1. The molecule has 0 aromatic carbocycles. The highest BCUT2D eigenvalue weighted by Gasteiger charge is 2.14. The van der Waals surface area contributed by atoms with E-state index in [4.69, 9.17) is 5.73 Å². The molecule has 0 saturated heterocycles. The van der Waals surface area contributed by atoms with E-state index in [-0.39, 0.29) is 6.04 Å². The summed E-state index contributed by atoms with van der Waals surface area (Å²) in [6.07, 6.45) is 3.26. The number of rotatable bonds is 2. The smallest absolute Gasteiger partial charge is 0.164 e. The summed E-state index contributed by atoms with van der Waals surface area (Å²) < 4.78 is 1.80. The molecule has 0 spiro atoms. The minimum absolute atomic E-state index is 0.0931. The normalized spacial score (nSPS) is 12.9. The second-order valence-corrected chi connectivity index (χ2v) is 3.46. The summed E-state index contributed by atoms with van der Waals surface area (Å²) in [5, 5.41) is 5.21. The van der Waals surface area contributed by atoms with Gasteiger partial charge in [-0.25, -0.2) is 14.6 Å². The first-order valence-electron chi connectivity index (χ1n) is 4.73. The van der Waals surface area contributed by atoms with E-state index >= 15 is 0 Å². The molecule has 0 aliphatic carbocycles. The Morgan fingerprint density at radius 3 is 2.93 bits per heavy atom. The van der Waals surface area contributed by atoms with Crippen molar-refractivity contribution < 1.29 is 0 Å². The molecule has 1 atom stereocenters. The predicted molar refractivity (Wildman–Crippen MR) is 59.4 cm³/mol. The van der Waals surface area contributed by atoms with Crippen LogP contribution in [0.4, 0.5) is 5.82 Å². The van der Waals surface area contributed by atoms with Crippen LogP contribution in [0.15, 0.2) is 19.0 Å². The van der Waals surface area contributed by atoms with E-state index in [0.29, 0.717) is 5.82 Å². The minimum Gasteiger partial charge on any atom is -0.383 e. The molecule has 0 amide bonds. The molecule has 0 aliphatic rings. The van der Waals surface area contributed by atoms with Gasteiger partial charge in [-0.2, -0.15) is 5.10 Å². The van der Waals surface area contributed by atoms with Crippen LogP contribution < -0.4 is 5.73 Å². The zero-order chi connectivity index (χ0) is 11.0. The van der Waals surface area contributed by atoms with Crippen LogP contribution in [0.3, 0.4) is 0 Å². The lowest BCUT2D eigenvalue weighted by atomic mass is 10.3. The van der Waals surface area contributed by atoms with Crippen LogP contribution in [0, 0.1) is 6.92 Å². The molecule has 5 heteroatoms. The van der Waals surface area contributed by atoms with Gasteiger partial charge in [0.15, 0.2) is 5.65 Å². The van der Waals surface area contributed by atoms with Crippen molar-refractivity contribution in [1.29, 1.82) is 0 Å². The Morgan fingerprint density at radius 2 is 2.27 bits per heavy atom. The molecule has 15 heavy (non-hydrogen) atoms. The molecule has 5 nitrogen and oxygen atoms in total. The van der Waals surface area contributed by atoms with Crippen LogP contribution in [0.2, 0.25) is 0 Å². The Hall–Kier alpha value is -1.91. The summed E-state index contributed by atoms with van der Waals surface area (Å²) in [4.78, 5) is 8.15. The highest BCUT2D eigenvalue weighted by Crippen LogP contribution is 2.23. The Morgan fingerprint density at radius 1 is 1.53 bits per heavy atom. The van der Waals surface area contributed by atoms with Crippen molar-refractivity contribution in [2.24, 2.45) is 0 Å². The van der Waals surface area contributed by atoms with Gasteiger partial charge in [0.25, 0.3) is 0 Å². The van der Waals surface area contributed by atoms with Gasteiger partial charge in [-0.15, -0.1) is 6.58 Å². The zero-order valence-electron chi connectivity index (χ0n) is 8.81. The lowest BCUT2D eigenvalue weighted by Gasteiger charge is -2.06. The van der Waals surface area contributed by atoms with Gasteiger partial charge in [-0.05, 0) is 13.8 Å². The van der Waals surface area contributed by atoms with Gasteiger partial charge in [-0.1, -0.05) is 6.08 Å². The van der Waals surface area contributed by atoms with Crippen molar-refractivity contribution in [2.75, 3.05) is 5.73 Å². The summed E-state index contributed by atoms with van der Waals surface area (Å²) in [5.41, 5.74) is 7.38. The first-order chi connectivity index (χ1) is 7.15. The number of aromatic nitrogens is 4. The Labute approximate surface area is 87.6 Å². The Kier molecular flexibility index (Phi) is 2.15. The van der Waals surface area contributed by atoms with Crippen LogP contribution in [-0.4, -0.2) is 19.7 Å². The van der Waals surface area contributed by atoms with Crippen molar-refractivity contribution in [3.8, 4) is 0 Å². The first-order valence-corrected chi connectivity index (χ1v) is 4.73.